The summed E-state index contributed by atoms with van der Waals surface area (Å²) in [7, 11) is 0. The van der Waals surface area contributed by atoms with Crippen LogP contribution in [0.25, 0.3) is 5.69 Å². The highest BCUT2D eigenvalue weighted by Gasteiger charge is 2.32. The van der Waals surface area contributed by atoms with Crippen molar-refractivity contribution in [3.05, 3.63) is 125 Å². The molecule has 0 bridgehead atoms. The maximum atomic E-state index is 13.6. The number of hydrogen-bond acceptors (Lipinski definition) is 1. The summed E-state index contributed by atoms with van der Waals surface area (Å²) < 4.78 is 15.5. The first kappa shape index (κ1) is 22.0. The van der Waals surface area contributed by atoms with Gasteiger partial charge in [0, 0.05) is 18.4 Å². The van der Waals surface area contributed by atoms with Crippen LogP contribution >= 0.6 is 0 Å². The maximum Gasteiger partial charge on any atom is 0.318 e. The summed E-state index contributed by atoms with van der Waals surface area (Å²) in [6, 6.07) is 26.7. The minimum Gasteiger partial charge on any atom is -0.334 e. The fourth-order valence-electron chi connectivity index (χ4n) is 4.63. The van der Waals surface area contributed by atoms with E-state index in [-0.39, 0.29) is 17.9 Å². The Bertz CT molecular complexity index is 1290. The lowest BCUT2D eigenvalue weighted by atomic mass is 9.97. The van der Waals surface area contributed by atoms with Crippen LogP contribution in [0.5, 0.6) is 0 Å². The van der Waals surface area contributed by atoms with E-state index in [0.29, 0.717) is 19.0 Å². The summed E-state index contributed by atoms with van der Waals surface area (Å²) in [6.07, 6.45) is 2.06. The number of urea groups is 1. The van der Waals surface area contributed by atoms with Gasteiger partial charge in [0.1, 0.15) is 5.82 Å². The molecule has 172 valence electrons. The lowest BCUT2D eigenvalue weighted by Crippen LogP contribution is -2.41. The van der Waals surface area contributed by atoms with Gasteiger partial charge in [0.15, 0.2) is 0 Å². The monoisotopic (exact) mass is 453 g/mol. The van der Waals surface area contributed by atoms with Gasteiger partial charge in [-0.3, -0.25) is 0 Å². The molecule has 34 heavy (non-hydrogen) atoms. The van der Waals surface area contributed by atoms with Gasteiger partial charge < -0.3 is 14.8 Å². The normalized spacial score (nSPS) is 14.9. The average molecular weight is 454 g/mol. The van der Waals surface area contributed by atoms with Crippen molar-refractivity contribution in [3.8, 4) is 5.69 Å². The number of rotatable bonds is 4. The predicted molar refractivity (Wildman–Crippen MR) is 132 cm³/mol. The number of nitrogens with one attached hydrogen (secondary N) is 1. The van der Waals surface area contributed by atoms with Gasteiger partial charge in [-0.15, -0.1) is 0 Å². The van der Waals surface area contributed by atoms with Crippen molar-refractivity contribution >= 4 is 6.03 Å². The number of hydrogen-bond donors (Lipinski definition) is 1. The molecule has 2 amide bonds. The molecule has 5 rings (SSSR count). The lowest BCUT2D eigenvalue weighted by molar-refractivity contribution is 0.180. The van der Waals surface area contributed by atoms with Crippen molar-refractivity contribution in [1.29, 1.82) is 0 Å². The fraction of sp³-hybridized carbons (Fsp3) is 0.207. The summed E-state index contributed by atoms with van der Waals surface area (Å²) in [4.78, 5) is 15.5. The van der Waals surface area contributed by atoms with Crippen LogP contribution in [-0.4, -0.2) is 15.5 Å². The van der Waals surface area contributed by atoms with Gasteiger partial charge >= 0.3 is 6.03 Å². The van der Waals surface area contributed by atoms with Crippen molar-refractivity contribution in [2.45, 2.75) is 38.9 Å². The van der Waals surface area contributed by atoms with Gasteiger partial charge in [-0.25, -0.2) is 9.18 Å². The Labute approximate surface area is 199 Å². The number of amides is 2. The highest BCUT2D eigenvalue weighted by atomic mass is 19.1. The van der Waals surface area contributed by atoms with Crippen LogP contribution in [0.3, 0.4) is 0 Å². The molecule has 5 heteroatoms. The summed E-state index contributed by atoms with van der Waals surface area (Å²) >= 11 is 0. The van der Waals surface area contributed by atoms with Gasteiger partial charge in [-0.2, -0.15) is 0 Å². The number of carbonyl (C=O) groups excluding carboxylic acids is 1. The molecular formula is C29H28FN3O. The van der Waals surface area contributed by atoms with Crippen LogP contribution in [0.15, 0.2) is 91.1 Å². The largest absolute Gasteiger partial charge is 0.334 e. The van der Waals surface area contributed by atoms with Crippen LogP contribution in [0, 0.1) is 5.82 Å². The number of benzene rings is 3. The van der Waals surface area contributed by atoms with Crippen LogP contribution in [0.2, 0.25) is 0 Å². The second kappa shape index (κ2) is 9.18. The zero-order chi connectivity index (χ0) is 23.7. The number of carbonyl (C=O) groups is 1. The van der Waals surface area contributed by atoms with Gasteiger partial charge in [0.25, 0.3) is 0 Å². The maximum absolute atomic E-state index is 13.6. The number of halogens is 1. The van der Waals surface area contributed by atoms with Crippen LogP contribution < -0.4 is 5.32 Å². The Balaban J connectivity index is 1.54. The lowest BCUT2D eigenvalue weighted by Gasteiger charge is -2.31. The van der Waals surface area contributed by atoms with Gasteiger partial charge in [0.2, 0.25) is 0 Å². The molecule has 1 N–H and O–H groups in total. The molecule has 0 saturated heterocycles. The second-order valence-electron chi connectivity index (χ2n) is 9.07. The Morgan fingerprint density at radius 3 is 2.44 bits per heavy atom. The topological polar surface area (TPSA) is 37.3 Å². The molecule has 1 aliphatic heterocycles. The summed E-state index contributed by atoms with van der Waals surface area (Å²) in [5, 5.41) is 3.05. The number of aromatic nitrogens is 1. The van der Waals surface area contributed by atoms with Gasteiger partial charge in [0.05, 0.1) is 18.3 Å². The quantitative estimate of drug-likeness (QED) is 0.374. The zero-order valence-electron chi connectivity index (χ0n) is 19.4. The van der Waals surface area contributed by atoms with Crippen molar-refractivity contribution in [2.75, 3.05) is 0 Å². The van der Waals surface area contributed by atoms with Crippen molar-refractivity contribution in [2.24, 2.45) is 0 Å². The zero-order valence-corrected chi connectivity index (χ0v) is 19.4. The highest BCUT2D eigenvalue weighted by molar-refractivity contribution is 5.76. The van der Waals surface area contributed by atoms with E-state index in [2.05, 4.69) is 72.4 Å². The second-order valence-corrected chi connectivity index (χ2v) is 9.07. The molecule has 0 saturated carbocycles. The fourth-order valence-corrected chi connectivity index (χ4v) is 4.63. The first-order chi connectivity index (χ1) is 16.5. The molecule has 0 radical (unpaired) electrons. The SMILES string of the molecule is CC(C)c1ccc([C@@H]2c3cccn3-c3ccccc3CN2C(=O)NCc2ccc(F)cc2)cc1. The molecular weight excluding hydrogens is 425 g/mol. The van der Waals surface area contributed by atoms with E-state index < -0.39 is 0 Å². The first-order valence-corrected chi connectivity index (χ1v) is 11.7. The third-order valence-corrected chi connectivity index (χ3v) is 6.50. The van der Waals surface area contributed by atoms with E-state index in [0.717, 1.165) is 28.1 Å². The van der Waals surface area contributed by atoms with E-state index in [9.17, 15) is 9.18 Å². The van der Waals surface area contributed by atoms with E-state index >= 15 is 0 Å². The molecule has 1 aliphatic rings. The smallest absolute Gasteiger partial charge is 0.318 e. The Morgan fingerprint density at radius 1 is 0.971 bits per heavy atom. The number of nitrogens with zero attached hydrogens (tertiary/aromatic N) is 2. The van der Waals surface area contributed by atoms with Gasteiger partial charge in [-0.1, -0.05) is 68.4 Å². The third kappa shape index (κ3) is 4.21. The van der Waals surface area contributed by atoms with Crippen molar-refractivity contribution < 1.29 is 9.18 Å². The highest BCUT2D eigenvalue weighted by Crippen LogP contribution is 2.37. The van der Waals surface area contributed by atoms with E-state index in [1.54, 1.807) is 12.1 Å². The molecule has 0 fully saturated rings. The Kier molecular flexibility index (Phi) is 5.93. The first-order valence-electron chi connectivity index (χ1n) is 11.7. The molecule has 3 aromatic carbocycles. The van der Waals surface area contributed by atoms with Crippen molar-refractivity contribution in [3.63, 3.8) is 0 Å². The minimum atomic E-state index is -0.287. The van der Waals surface area contributed by atoms with Crippen LogP contribution in [-0.2, 0) is 13.1 Å². The van der Waals surface area contributed by atoms with Crippen molar-refractivity contribution in [1.82, 2.24) is 14.8 Å². The molecule has 4 nitrogen and oxygen atoms in total. The molecule has 1 atom stereocenters. The minimum absolute atomic E-state index is 0.160. The molecule has 0 unspecified atom stereocenters. The van der Waals surface area contributed by atoms with E-state index in [4.69, 9.17) is 0 Å². The molecule has 4 aromatic rings. The van der Waals surface area contributed by atoms with Gasteiger partial charge in [-0.05, 0) is 58.5 Å². The summed E-state index contributed by atoms with van der Waals surface area (Å²) in [5.74, 6) is 0.149. The Hall–Kier alpha value is -3.86. The van der Waals surface area contributed by atoms with E-state index in [1.807, 2.05) is 23.1 Å². The standard InChI is InChI=1S/C29H28FN3O/c1-20(2)22-11-13-23(14-12-22)28-27-8-5-17-32(27)26-7-4-3-6-24(26)19-33(28)29(34)31-18-21-9-15-25(30)16-10-21/h3-17,20,28H,18-19H2,1-2H3,(H,31,34)/t28-/m1/s1. The average Bonchev–Trinajstić information content (AvgIpc) is 3.28. The number of fused-ring (bicyclic) bond motifs is 3. The summed E-state index contributed by atoms with van der Waals surface area (Å²) in [6.45, 7) is 5.16. The number of para-hydroxylation sites is 1. The molecule has 1 aromatic heterocycles. The van der Waals surface area contributed by atoms with Crippen LogP contribution in [0.4, 0.5) is 9.18 Å². The van der Waals surface area contributed by atoms with E-state index in [1.165, 1.54) is 17.7 Å². The molecule has 0 aliphatic carbocycles. The summed E-state index contributed by atoms with van der Waals surface area (Å²) in [5.41, 5.74) is 6.39. The third-order valence-electron chi connectivity index (χ3n) is 6.50. The molecule has 0 spiro atoms. The predicted octanol–water partition coefficient (Wildman–Crippen LogP) is 6.55. The molecule has 2 heterocycles. The Morgan fingerprint density at radius 2 is 1.71 bits per heavy atom. The van der Waals surface area contributed by atoms with Crippen LogP contribution in [0.1, 0.15) is 53.8 Å².